The highest BCUT2D eigenvalue weighted by Gasteiger charge is 2.41. The van der Waals surface area contributed by atoms with E-state index in [-0.39, 0.29) is 29.5 Å². The van der Waals surface area contributed by atoms with Crippen LogP contribution in [-0.4, -0.2) is 41.8 Å². The Morgan fingerprint density at radius 3 is 2.56 bits per heavy atom. The number of carbonyl (C=O) groups excluding carboxylic acids is 2. The predicted octanol–water partition coefficient (Wildman–Crippen LogP) is 1.89. The molecule has 25 heavy (non-hydrogen) atoms. The van der Waals surface area contributed by atoms with Gasteiger partial charge in [0.15, 0.2) is 5.78 Å². The summed E-state index contributed by atoms with van der Waals surface area (Å²) in [6.07, 6.45) is 4.93. The van der Waals surface area contributed by atoms with E-state index in [1.54, 1.807) is 0 Å². The van der Waals surface area contributed by atoms with Crippen LogP contribution in [-0.2, 0) is 4.79 Å². The number of piperidine rings is 1. The Bertz CT molecular complexity index is 659. The fourth-order valence-electron chi connectivity index (χ4n) is 4.01. The van der Waals surface area contributed by atoms with Crippen molar-refractivity contribution in [3.8, 4) is 0 Å². The van der Waals surface area contributed by atoms with E-state index in [1.165, 1.54) is 37.1 Å². The van der Waals surface area contributed by atoms with Gasteiger partial charge in [0, 0.05) is 30.6 Å². The molecule has 3 aliphatic rings. The number of hydrogen-bond acceptors (Lipinski definition) is 4. The summed E-state index contributed by atoms with van der Waals surface area (Å²) in [4.78, 5) is 27.3. The molecule has 0 spiro atoms. The van der Waals surface area contributed by atoms with Gasteiger partial charge in [0.2, 0.25) is 5.91 Å². The van der Waals surface area contributed by atoms with Crippen LogP contribution in [0.25, 0.3) is 0 Å². The number of hydrazine groups is 1. The van der Waals surface area contributed by atoms with Crippen LogP contribution in [0.1, 0.15) is 42.5 Å². The first-order chi connectivity index (χ1) is 12.1. The molecule has 2 N–H and O–H groups in total. The number of amides is 1. The Kier molecular flexibility index (Phi) is 4.56. The number of benzene rings is 1. The number of nitrogens with zero attached hydrogens (tertiary/aromatic N) is 1. The molecule has 2 heterocycles. The van der Waals surface area contributed by atoms with Gasteiger partial charge in [0.1, 0.15) is 11.9 Å². The van der Waals surface area contributed by atoms with Crippen LogP contribution in [0.5, 0.6) is 0 Å². The minimum atomic E-state index is -0.345. The van der Waals surface area contributed by atoms with E-state index in [9.17, 15) is 14.0 Å². The maximum absolute atomic E-state index is 13.0. The first kappa shape index (κ1) is 16.7. The molecule has 4 rings (SSSR count). The van der Waals surface area contributed by atoms with Crippen LogP contribution < -0.4 is 10.9 Å². The molecule has 3 atom stereocenters. The lowest BCUT2D eigenvalue weighted by molar-refractivity contribution is -0.134. The Labute approximate surface area is 146 Å². The minimum absolute atomic E-state index is 0.00543. The number of likely N-dealkylation sites (tertiary alicyclic amines) is 1. The molecule has 0 aromatic heterocycles. The van der Waals surface area contributed by atoms with Gasteiger partial charge in [0.25, 0.3) is 0 Å². The summed E-state index contributed by atoms with van der Waals surface area (Å²) in [5.41, 5.74) is 6.92. The van der Waals surface area contributed by atoms with Crippen LogP contribution in [0.4, 0.5) is 4.39 Å². The Balaban J connectivity index is 1.37. The van der Waals surface area contributed by atoms with Crippen molar-refractivity contribution in [3.05, 3.63) is 35.6 Å². The summed E-state index contributed by atoms with van der Waals surface area (Å²) in [6, 6.07) is 5.89. The van der Waals surface area contributed by atoms with Crippen molar-refractivity contribution in [2.75, 3.05) is 13.1 Å². The summed E-state index contributed by atoms with van der Waals surface area (Å²) in [5, 5.41) is 0. The zero-order valence-corrected chi connectivity index (χ0v) is 14.2. The molecule has 1 aromatic carbocycles. The Morgan fingerprint density at radius 2 is 1.84 bits per heavy atom. The Morgan fingerprint density at radius 1 is 1.08 bits per heavy atom. The lowest BCUT2D eigenvalue weighted by atomic mass is 9.89. The van der Waals surface area contributed by atoms with E-state index in [0.29, 0.717) is 30.6 Å². The molecule has 6 heteroatoms. The van der Waals surface area contributed by atoms with Crippen molar-refractivity contribution in [2.24, 2.45) is 11.8 Å². The minimum Gasteiger partial charge on any atom is -0.341 e. The maximum Gasteiger partial charge on any atom is 0.241 e. The molecule has 1 aliphatic carbocycles. The number of halogens is 1. The second kappa shape index (κ2) is 6.84. The van der Waals surface area contributed by atoms with Gasteiger partial charge in [0.05, 0.1) is 0 Å². The van der Waals surface area contributed by atoms with Crippen LogP contribution in [0, 0.1) is 17.7 Å². The smallest absolute Gasteiger partial charge is 0.241 e. The zero-order valence-electron chi connectivity index (χ0n) is 14.2. The third kappa shape index (κ3) is 3.60. The van der Waals surface area contributed by atoms with Crippen LogP contribution >= 0.6 is 0 Å². The summed E-state index contributed by atoms with van der Waals surface area (Å²) in [6.45, 7) is 1.17. The highest BCUT2D eigenvalue weighted by molar-refractivity contribution is 5.98. The van der Waals surface area contributed by atoms with Crippen molar-refractivity contribution < 1.29 is 14.0 Å². The van der Waals surface area contributed by atoms with Crippen LogP contribution in [0.15, 0.2) is 24.3 Å². The quantitative estimate of drug-likeness (QED) is 0.818. The fraction of sp³-hybridized carbons (Fsp3) is 0.579. The average Bonchev–Trinajstić information content (AvgIpc) is 3.38. The average molecular weight is 345 g/mol. The summed E-state index contributed by atoms with van der Waals surface area (Å²) < 4.78 is 13.0. The predicted molar refractivity (Wildman–Crippen MR) is 91.2 cm³/mol. The number of hydrogen-bond donors (Lipinski definition) is 2. The molecule has 0 radical (unpaired) electrons. The van der Waals surface area contributed by atoms with Crippen molar-refractivity contribution in [1.29, 1.82) is 0 Å². The van der Waals surface area contributed by atoms with Crippen molar-refractivity contribution >= 4 is 11.7 Å². The van der Waals surface area contributed by atoms with E-state index in [4.69, 9.17) is 0 Å². The molecule has 1 amide bonds. The van der Waals surface area contributed by atoms with Gasteiger partial charge in [-0.3, -0.25) is 15.0 Å². The van der Waals surface area contributed by atoms with E-state index >= 15 is 0 Å². The van der Waals surface area contributed by atoms with Gasteiger partial charge < -0.3 is 4.90 Å². The van der Waals surface area contributed by atoms with Gasteiger partial charge in [-0.25, -0.2) is 9.82 Å². The molecule has 5 nitrogen and oxygen atoms in total. The Hall–Kier alpha value is -1.79. The van der Waals surface area contributed by atoms with Crippen LogP contribution in [0.3, 0.4) is 0 Å². The molecule has 2 aliphatic heterocycles. The molecule has 0 bridgehead atoms. The lowest BCUT2D eigenvalue weighted by Crippen LogP contribution is -2.50. The summed E-state index contributed by atoms with van der Waals surface area (Å²) >= 11 is 0. The van der Waals surface area contributed by atoms with Gasteiger partial charge in [-0.1, -0.05) is 0 Å². The van der Waals surface area contributed by atoms with Crippen molar-refractivity contribution in [2.45, 2.75) is 44.2 Å². The first-order valence-corrected chi connectivity index (χ1v) is 9.21. The monoisotopic (exact) mass is 345 g/mol. The summed E-state index contributed by atoms with van der Waals surface area (Å²) in [5.74, 6) is 0.261. The van der Waals surface area contributed by atoms with E-state index in [1.807, 2.05) is 4.90 Å². The highest BCUT2D eigenvalue weighted by Crippen LogP contribution is 2.36. The normalized spacial score (nSPS) is 29.6. The SMILES string of the molecule is O=C(c1ccc(F)cc1)C1CCCN(C(=O)C2CC(C3CC3)NN2)C1. The molecule has 2 saturated heterocycles. The van der Waals surface area contributed by atoms with Crippen LogP contribution in [0.2, 0.25) is 0 Å². The van der Waals surface area contributed by atoms with Gasteiger partial charge in [-0.05, 0) is 62.3 Å². The molecule has 1 aromatic rings. The van der Waals surface area contributed by atoms with Gasteiger partial charge in [-0.15, -0.1) is 0 Å². The third-order valence-corrected chi connectivity index (χ3v) is 5.65. The summed E-state index contributed by atoms with van der Waals surface area (Å²) in [7, 11) is 0. The largest absolute Gasteiger partial charge is 0.341 e. The fourth-order valence-corrected chi connectivity index (χ4v) is 4.01. The van der Waals surface area contributed by atoms with E-state index in [0.717, 1.165) is 19.3 Å². The number of rotatable bonds is 4. The van der Waals surface area contributed by atoms with E-state index < -0.39 is 0 Å². The lowest BCUT2D eigenvalue weighted by Gasteiger charge is -2.33. The third-order valence-electron chi connectivity index (χ3n) is 5.65. The molecular weight excluding hydrogens is 321 g/mol. The number of Topliss-reactive ketones (excluding diaryl/α,β-unsaturated/α-hetero) is 1. The van der Waals surface area contributed by atoms with E-state index in [2.05, 4.69) is 10.9 Å². The standard InChI is InChI=1S/C19H24FN3O2/c20-15-7-5-13(6-8-15)18(24)14-2-1-9-23(11-14)19(25)17-10-16(21-22-17)12-3-4-12/h5-8,12,14,16-17,21-22H,1-4,9-11H2. The number of carbonyl (C=O) groups is 2. The van der Waals surface area contributed by atoms with Crippen molar-refractivity contribution in [1.82, 2.24) is 15.8 Å². The van der Waals surface area contributed by atoms with Gasteiger partial charge in [-0.2, -0.15) is 0 Å². The molecule has 134 valence electrons. The van der Waals surface area contributed by atoms with Crippen molar-refractivity contribution in [3.63, 3.8) is 0 Å². The number of ketones is 1. The molecule has 3 fully saturated rings. The topological polar surface area (TPSA) is 61.4 Å². The maximum atomic E-state index is 13.0. The molecule has 3 unspecified atom stereocenters. The molecule has 1 saturated carbocycles. The molecular formula is C19H24FN3O2. The highest BCUT2D eigenvalue weighted by atomic mass is 19.1. The second-order valence-corrected chi connectivity index (χ2v) is 7.52. The number of nitrogens with one attached hydrogen (secondary N) is 2. The zero-order chi connectivity index (χ0) is 17.4. The van der Waals surface area contributed by atoms with Gasteiger partial charge >= 0.3 is 0 Å². The first-order valence-electron chi connectivity index (χ1n) is 9.21. The second-order valence-electron chi connectivity index (χ2n) is 7.52.